The number of H-pyrrole nitrogens is 1. The highest BCUT2D eigenvalue weighted by Gasteiger charge is 2.23. The fourth-order valence-corrected chi connectivity index (χ4v) is 1.66. The van der Waals surface area contributed by atoms with Crippen LogP contribution in [0, 0.1) is 12.3 Å². The van der Waals surface area contributed by atoms with Gasteiger partial charge >= 0.3 is 0 Å². The number of aromatic nitrogens is 2. The Labute approximate surface area is 95.7 Å². The summed E-state index contributed by atoms with van der Waals surface area (Å²) in [7, 11) is 0. The Bertz CT molecular complexity index is 515. The molecule has 0 radical (unpaired) electrons. The molecule has 80 valence electrons. The van der Waals surface area contributed by atoms with E-state index in [1.807, 2.05) is 50.4 Å². The number of hydrogen-bond acceptors (Lipinski definition) is 1. The molecule has 0 aliphatic carbocycles. The zero-order chi connectivity index (χ0) is 11.6. The fraction of sp³-hybridized carbons (Fsp3) is 0.214. The monoisotopic (exact) mass is 210 g/mol. The standard InChI is InChI=1S/C14H14N2/c1-4-14(2,3)12-10-15-16-13(12)11-8-6-5-7-9-11/h1,5-10H,2-3H3,(H,15,16). The molecule has 2 aromatic rings. The summed E-state index contributed by atoms with van der Waals surface area (Å²) in [5.74, 6) is 2.79. The summed E-state index contributed by atoms with van der Waals surface area (Å²) in [5, 5.41) is 7.11. The largest absolute Gasteiger partial charge is 0.278 e. The lowest BCUT2D eigenvalue weighted by Crippen LogP contribution is -2.14. The van der Waals surface area contributed by atoms with Crippen molar-refractivity contribution >= 4 is 0 Å². The average Bonchev–Trinajstić information content (AvgIpc) is 2.80. The van der Waals surface area contributed by atoms with E-state index >= 15 is 0 Å². The van der Waals surface area contributed by atoms with E-state index in [1.165, 1.54) is 0 Å². The maximum atomic E-state index is 5.55. The van der Waals surface area contributed by atoms with Crippen molar-refractivity contribution in [3.8, 4) is 23.6 Å². The highest BCUT2D eigenvalue weighted by atomic mass is 15.1. The van der Waals surface area contributed by atoms with Crippen LogP contribution in [-0.2, 0) is 5.41 Å². The Morgan fingerprint density at radius 1 is 1.25 bits per heavy atom. The van der Waals surface area contributed by atoms with Gasteiger partial charge in [-0.05, 0) is 19.4 Å². The minimum absolute atomic E-state index is 0.307. The van der Waals surface area contributed by atoms with Gasteiger partial charge in [-0.2, -0.15) is 5.10 Å². The van der Waals surface area contributed by atoms with Gasteiger partial charge in [-0.3, -0.25) is 5.10 Å². The second kappa shape index (κ2) is 3.86. The van der Waals surface area contributed by atoms with Gasteiger partial charge in [0.05, 0.1) is 17.3 Å². The van der Waals surface area contributed by atoms with Crippen molar-refractivity contribution in [3.05, 3.63) is 42.1 Å². The lowest BCUT2D eigenvalue weighted by Gasteiger charge is -2.17. The summed E-state index contributed by atoms with van der Waals surface area (Å²) >= 11 is 0. The zero-order valence-electron chi connectivity index (χ0n) is 9.49. The van der Waals surface area contributed by atoms with Crippen LogP contribution < -0.4 is 0 Å². The highest BCUT2D eigenvalue weighted by Crippen LogP contribution is 2.30. The van der Waals surface area contributed by atoms with E-state index in [4.69, 9.17) is 6.42 Å². The van der Waals surface area contributed by atoms with Crippen LogP contribution in [0.5, 0.6) is 0 Å². The van der Waals surface area contributed by atoms with Gasteiger partial charge in [0.1, 0.15) is 0 Å². The number of nitrogens with one attached hydrogen (secondary N) is 1. The average molecular weight is 210 g/mol. The van der Waals surface area contributed by atoms with Crippen molar-refractivity contribution in [2.24, 2.45) is 0 Å². The molecular formula is C14H14N2. The van der Waals surface area contributed by atoms with E-state index in [9.17, 15) is 0 Å². The number of aromatic amines is 1. The van der Waals surface area contributed by atoms with Crippen molar-refractivity contribution in [1.82, 2.24) is 10.2 Å². The third-order valence-corrected chi connectivity index (χ3v) is 2.74. The lowest BCUT2D eigenvalue weighted by molar-refractivity contribution is 0.702. The maximum absolute atomic E-state index is 5.55. The minimum Gasteiger partial charge on any atom is -0.278 e. The molecular weight excluding hydrogens is 196 g/mol. The summed E-state index contributed by atoms with van der Waals surface area (Å²) in [6.45, 7) is 4.04. The van der Waals surface area contributed by atoms with E-state index in [2.05, 4.69) is 16.1 Å². The van der Waals surface area contributed by atoms with Gasteiger partial charge < -0.3 is 0 Å². The number of terminal acetylenes is 1. The van der Waals surface area contributed by atoms with Crippen LogP contribution in [-0.4, -0.2) is 10.2 Å². The molecule has 2 nitrogen and oxygen atoms in total. The van der Waals surface area contributed by atoms with Crippen LogP contribution in [0.1, 0.15) is 19.4 Å². The summed E-state index contributed by atoms with van der Waals surface area (Å²) in [5.41, 5.74) is 2.86. The molecule has 0 fully saturated rings. The third kappa shape index (κ3) is 1.72. The first-order chi connectivity index (χ1) is 7.65. The van der Waals surface area contributed by atoms with Crippen molar-refractivity contribution in [1.29, 1.82) is 0 Å². The third-order valence-electron chi connectivity index (χ3n) is 2.74. The number of benzene rings is 1. The predicted molar refractivity (Wildman–Crippen MR) is 65.9 cm³/mol. The van der Waals surface area contributed by atoms with E-state index in [-0.39, 0.29) is 5.41 Å². The summed E-state index contributed by atoms with van der Waals surface area (Å²) in [6.07, 6.45) is 7.36. The molecule has 1 heterocycles. The second-order valence-corrected chi connectivity index (χ2v) is 4.29. The first kappa shape index (κ1) is 10.5. The molecule has 2 heteroatoms. The second-order valence-electron chi connectivity index (χ2n) is 4.29. The quantitative estimate of drug-likeness (QED) is 0.758. The van der Waals surface area contributed by atoms with Crippen LogP contribution in [0.3, 0.4) is 0 Å². The Kier molecular flexibility index (Phi) is 2.54. The van der Waals surface area contributed by atoms with E-state index in [0.29, 0.717) is 0 Å². The van der Waals surface area contributed by atoms with Crippen molar-refractivity contribution in [2.45, 2.75) is 19.3 Å². The maximum Gasteiger partial charge on any atom is 0.0697 e. The predicted octanol–water partition coefficient (Wildman–Crippen LogP) is 2.99. The molecule has 0 bridgehead atoms. The van der Waals surface area contributed by atoms with Crippen LogP contribution in [0.25, 0.3) is 11.3 Å². The topological polar surface area (TPSA) is 28.7 Å². The number of rotatable bonds is 2. The molecule has 0 saturated heterocycles. The molecule has 0 saturated carbocycles. The molecule has 0 atom stereocenters. The number of nitrogens with zero attached hydrogens (tertiary/aromatic N) is 1. The van der Waals surface area contributed by atoms with Gasteiger partial charge in [-0.25, -0.2) is 0 Å². The molecule has 0 aliphatic heterocycles. The van der Waals surface area contributed by atoms with Crippen molar-refractivity contribution < 1.29 is 0 Å². The molecule has 1 aromatic heterocycles. The van der Waals surface area contributed by atoms with Crippen molar-refractivity contribution in [2.75, 3.05) is 0 Å². The summed E-state index contributed by atoms with van der Waals surface area (Å²) < 4.78 is 0. The molecule has 0 spiro atoms. The van der Waals surface area contributed by atoms with E-state index < -0.39 is 0 Å². The van der Waals surface area contributed by atoms with Crippen molar-refractivity contribution in [3.63, 3.8) is 0 Å². The lowest BCUT2D eigenvalue weighted by atomic mass is 9.84. The minimum atomic E-state index is -0.307. The van der Waals surface area contributed by atoms with Crippen LogP contribution in [0.4, 0.5) is 0 Å². The Balaban J connectivity index is 2.54. The van der Waals surface area contributed by atoms with E-state index in [0.717, 1.165) is 16.8 Å². The van der Waals surface area contributed by atoms with E-state index in [1.54, 1.807) is 0 Å². The molecule has 0 aliphatic rings. The normalized spacial score (nSPS) is 11.1. The Morgan fingerprint density at radius 2 is 1.94 bits per heavy atom. The van der Waals surface area contributed by atoms with Gasteiger partial charge in [0, 0.05) is 5.56 Å². The highest BCUT2D eigenvalue weighted by molar-refractivity contribution is 5.65. The molecule has 0 amide bonds. The first-order valence-corrected chi connectivity index (χ1v) is 5.22. The van der Waals surface area contributed by atoms with Gasteiger partial charge in [0.25, 0.3) is 0 Å². The van der Waals surface area contributed by atoms with Gasteiger partial charge in [-0.1, -0.05) is 36.3 Å². The van der Waals surface area contributed by atoms with Crippen LogP contribution in [0.15, 0.2) is 36.5 Å². The Hall–Kier alpha value is -2.01. The molecule has 1 aromatic carbocycles. The molecule has 16 heavy (non-hydrogen) atoms. The Morgan fingerprint density at radius 3 is 2.56 bits per heavy atom. The summed E-state index contributed by atoms with van der Waals surface area (Å²) in [4.78, 5) is 0. The molecule has 0 unspecified atom stereocenters. The SMILES string of the molecule is C#CC(C)(C)c1cn[nH]c1-c1ccccc1. The zero-order valence-corrected chi connectivity index (χ0v) is 9.49. The molecule has 1 N–H and O–H groups in total. The van der Waals surface area contributed by atoms with Gasteiger partial charge in [-0.15, -0.1) is 6.42 Å². The van der Waals surface area contributed by atoms with Gasteiger partial charge in [0.15, 0.2) is 0 Å². The van der Waals surface area contributed by atoms with Gasteiger partial charge in [0.2, 0.25) is 0 Å². The summed E-state index contributed by atoms with van der Waals surface area (Å²) in [6, 6.07) is 10.1. The van der Waals surface area contributed by atoms with Crippen LogP contribution >= 0.6 is 0 Å². The first-order valence-electron chi connectivity index (χ1n) is 5.22. The fourth-order valence-electron chi connectivity index (χ4n) is 1.66. The number of hydrogen-bond donors (Lipinski definition) is 1. The molecule has 2 rings (SSSR count). The van der Waals surface area contributed by atoms with Crippen LogP contribution in [0.2, 0.25) is 0 Å². The smallest absolute Gasteiger partial charge is 0.0697 e.